The summed E-state index contributed by atoms with van der Waals surface area (Å²) in [5.41, 5.74) is 2.32. The van der Waals surface area contributed by atoms with Crippen molar-refractivity contribution in [1.82, 2.24) is 9.78 Å². The smallest absolute Gasteiger partial charge is 0.139 e. The highest BCUT2D eigenvalue weighted by molar-refractivity contribution is 14.2. The molecule has 0 spiro atoms. The summed E-state index contributed by atoms with van der Waals surface area (Å²) < 4.78 is 14.9. The molecule has 2 rings (SSSR count). The Morgan fingerprint density at radius 2 is 2.21 bits per heavy atom. The first-order valence-corrected chi connectivity index (χ1v) is 8.56. The fourth-order valence-electron chi connectivity index (χ4n) is 1.55. The van der Waals surface area contributed by atoms with E-state index in [2.05, 4.69) is 37.5 Å². The van der Waals surface area contributed by atoms with Crippen molar-refractivity contribution in [3.05, 3.63) is 47.0 Å². The van der Waals surface area contributed by atoms with Crippen LogP contribution in [0.3, 0.4) is 0 Å². The van der Waals surface area contributed by atoms with Gasteiger partial charge in [-0.05, 0) is 45.2 Å². The van der Waals surface area contributed by atoms with E-state index in [1.165, 1.54) is 25.7 Å². The lowest BCUT2D eigenvalue weighted by Gasteiger charge is -2.01. The van der Waals surface area contributed by atoms with Crippen LogP contribution in [-0.2, 0) is 0 Å². The van der Waals surface area contributed by atoms with Gasteiger partial charge in [0.2, 0.25) is 0 Å². The molecule has 0 aliphatic carbocycles. The predicted molar refractivity (Wildman–Crippen MR) is 81.5 cm³/mol. The van der Waals surface area contributed by atoms with Gasteiger partial charge >= 0.3 is 0 Å². The van der Waals surface area contributed by atoms with Crippen LogP contribution in [0.25, 0.3) is 5.69 Å². The summed E-state index contributed by atoms with van der Waals surface area (Å²) in [6.45, 7) is 1.88. The molecule has 2 aromatic rings. The summed E-state index contributed by atoms with van der Waals surface area (Å²) in [6, 6.07) is 6.02. The fourth-order valence-corrected chi connectivity index (χ4v) is 2.02. The largest absolute Gasteiger partial charge is 0.239 e. The summed E-state index contributed by atoms with van der Waals surface area (Å²) in [4.78, 5) is 0. The maximum absolute atomic E-state index is 13.4. The Kier molecular flexibility index (Phi) is 4.46. The maximum Gasteiger partial charge on any atom is 0.139 e. The maximum atomic E-state index is 13.4. The van der Waals surface area contributed by atoms with Gasteiger partial charge in [0, 0.05) is 33.0 Å². The molecular formula is C13H7FIN3S. The molecule has 0 radical (unpaired) electrons. The van der Waals surface area contributed by atoms with E-state index in [4.69, 9.17) is 5.26 Å². The van der Waals surface area contributed by atoms with Crippen LogP contribution in [0.1, 0.15) is 16.8 Å². The number of hydrogen-bond acceptors (Lipinski definition) is 3. The second-order valence-electron chi connectivity index (χ2n) is 3.72. The van der Waals surface area contributed by atoms with Crippen LogP contribution >= 0.6 is 30.1 Å². The van der Waals surface area contributed by atoms with Crippen molar-refractivity contribution >= 4 is 30.1 Å². The molecule has 1 aromatic heterocycles. The second kappa shape index (κ2) is 6.09. The Morgan fingerprint density at radius 1 is 1.42 bits per heavy atom. The minimum atomic E-state index is -0.461. The van der Waals surface area contributed by atoms with Crippen molar-refractivity contribution in [2.45, 2.75) is 6.92 Å². The van der Waals surface area contributed by atoms with E-state index in [-0.39, 0.29) is 5.56 Å². The molecule has 0 atom stereocenters. The zero-order valence-electron chi connectivity index (χ0n) is 9.82. The Bertz CT molecular complexity index is 722. The van der Waals surface area contributed by atoms with E-state index < -0.39 is 5.82 Å². The molecular weight excluding hydrogens is 376 g/mol. The zero-order chi connectivity index (χ0) is 13.8. The van der Waals surface area contributed by atoms with Crippen LogP contribution < -0.4 is 0 Å². The van der Waals surface area contributed by atoms with Gasteiger partial charge in [-0.3, -0.25) is 0 Å². The molecule has 19 heavy (non-hydrogen) atoms. The molecule has 1 aromatic carbocycles. The average molecular weight is 383 g/mol. The molecule has 0 bridgehead atoms. The van der Waals surface area contributed by atoms with Crippen LogP contribution in [0.2, 0.25) is 0 Å². The number of nitrogens with zero attached hydrogens (tertiary/aromatic N) is 3. The highest BCUT2D eigenvalue weighted by Crippen LogP contribution is 2.15. The standard InChI is InChI=1S/C13H7FIN3S/c1-9-8-18(17-13(9)2-3-19-15)12-5-10(7-16)4-11(14)6-12/h4-6,8H,1H3. The third kappa shape index (κ3) is 3.28. The van der Waals surface area contributed by atoms with E-state index >= 15 is 0 Å². The summed E-state index contributed by atoms with van der Waals surface area (Å²) in [5.74, 6) is 2.45. The molecule has 0 N–H and O–H groups in total. The quantitative estimate of drug-likeness (QED) is 0.559. The Hall–Kier alpha value is -1.51. The number of hydrogen-bond donors (Lipinski definition) is 0. The normalized spacial score (nSPS) is 9.58. The topological polar surface area (TPSA) is 41.6 Å². The lowest BCUT2D eigenvalue weighted by Crippen LogP contribution is -1.97. The lowest BCUT2D eigenvalue weighted by atomic mass is 10.2. The van der Waals surface area contributed by atoms with Gasteiger partial charge in [0.1, 0.15) is 11.5 Å². The van der Waals surface area contributed by atoms with Gasteiger partial charge < -0.3 is 0 Å². The number of halogens is 2. The molecule has 0 fully saturated rings. The first kappa shape index (κ1) is 13.9. The van der Waals surface area contributed by atoms with Crippen molar-refractivity contribution in [3.63, 3.8) is 0 Å². The molecule has 0 amide bonds. The van der Waals surface area contributed by atoms with Gasteiger partial charge in [0.15, 0.2) is 0 Å². The minimum absolute atomic E-state index is 0.263. The van der Waals surface area contributed by atoms with Crippen molar-refractivity contribution in [1.29, 1.82) is 5.26 Å². The summed E-state index contributed by atoms with van der Waals surface area (Å²) >= 11 is 2.08. The first-order valence-electron chi connectivity index (χ1n) is 5.20. The third-order valence-corrected chi connectivity index (χ3v) is 3.22. The van der Waals surface area contributed by atoms with Gasteiger partial charge in [-0.15, -0.1) is 0 Å². The average Bonchev–Trinajstić information content (AvgIpc) is 2.77. The van der Waals surface area contributed by atoms with Gasteiger partial charge in [-0.2, -0.15) is 10.4 Å². The molecule has 94 valence electrons. The van der Waals surface area contributed by atoms with Crippen molar-refractivity contribution < 1.29 is 4.39 Å². The molecule has 0 saturated carbocycles. The molecule has 0 unspecified atom stereocenters. The SMILES string of the molecule is Cc1cn(-c2cc(F)cc(C#N)c2)nc1C#CSI. The highest BCUT2D eigenvalue weighted by Gasteiger charge is 2.07. The predicted octanol–water partition coefficient (Wildman–Crippen LogP) is 3.58. The Balaban J connectivity index is 2.48. The van der Waals surface area contributed by atoms with Crippen LogP contribution in [0, 0.1) is 35.2 Å². The van der Waals surface area contributed by atoms with Gasteiger partial charge in [0.25, 0.3) is 0 Å². The fraction of sp³-hybridized carbons (Fsp3) is 0.0769. The monoisotopic (exact) mass is 383 g/mol. The number of aryl methyl sites for hydroxylation is 1. The van der Waals surface area contributed by atoms with Crippen molar-refractivity contribution in [2.75, 3.05) is 0 Å². The Labute approximate surface area is 126 Å². The van der Waals surface area contributed by atoms with Crippen LogP contribution in [-0.4, -0.2) is 9.78 Å². The number of rotatable bonds is 1. The van der Waals surface area contributed by atoms with E-state index in [1.54, 1.807) is 12.3 Å². The number of nitriles is 1. The van der Waals surface area contributed by atoms with Gasteiger partial charge in [-0.1, -0.05) is 0 Å². The number of benzene rings is 1. The Morgan fingerprint density at radius 3 is 2.89 bits per heavy atom. The first-order chi connectivity index (χ1) is 9.13. The van der Waals surface area contributed by atoms with Gasteiger partial charge in [-0.25, -0.2) is 9.07 Å². The van der Waals surface area contributed by atoms with Crippen molar-refractivity contribution in [2.24, 2.45) is 0 Å². The third-order valence-electron chi connectivity index (χ3n) is 2.38. The molecule has 6 heteroatoms. The van der Waals surface area contributed by atoms with Gasteiger partial charge in [0.05, 0.1) is 17.3 Å². The minimum Gasteiger partial charge on any atom is -0.239 e. The summed E-state index contributed by atoms with van der Waals surface area (Å²) in [7, 11) is 1.38. The van der Waals surface area contributed by atoms with E-state index in [0.717, 1.165) is 5.56 Å². The van der Waals surface area contributed by atoms with E-state index in [1.807, 2.05) is 13.0 Å². The van der Waals surface area contributed by atoms with E-state index in [0.29, 0.717) is 11.4 Å². The molecule has 0 saturated heterocycles. The highest BCUT2D eigenvalue weighted by atomic mass is 127. The van der Waals surface area contributed by atoms with Crippen LogP contribution in [0.5, 0.6) is 0 Å². The molecule has 1 heterocycles. The lowest BCUT2D eigenvalue weighted by molar-refractivity contribution is 0.625. The van der Waals surface area contributed by atoms with Crippen LogP contribution in [0.4, 0.5) is 4.39 Å². The summed E-state index contributed by atoms with van der Waals surface area (Å²) in [5, 5.41) is 16.0. The number of aromatic nitrogens is 2. The van der Waals surface area contributed by atoms with E-state index in [9.17, 15) is 4.39 Å². The zero-order valence-corrected chi connectivity index (χ0v) is 12.8. The molecule has 3 nitrogen and oxygen atoms in total. The molecule has 0 aliphatic rings. The second-order valence-corrected chi connectivity index (χ2v) is 5.40. The summed E-state index contributed by atoms with van der Waals surface area (Å²) in [6.07, 6.45) is 1.76. The van der Waals surface area contributed by atoms with Crippen LogP contribution in [0.15, 0.2) is 24.4 Å². The molecule has 0 aliphatic heterocycles. The van der Waals surface area contributed by atoms with Crippen molar-refractivity contribution in [3.8, 4) is 22.9 Å².